The summed E-state index contributed by atoms with van der Waals surface area (Å²) in [4.78, 5) is 19.4. The molecule has 0 saturated carbocycles. The molecule has 0 aromatic carbocycles. The maximum absolute atomic E-state index is 12.2. The van der Waals surface area contributed by atoms with Crippen molar-refractivity contribution in [3.05, 3.63) is 46.0 Å². The van der Waals surface area contributed by atoms with Crippen LogP contribution in [0, 0.1) is 6.92 Å². The second-order valence-electron chi connectivity index (χ2n) is 5.76. The lowest BCUT2D eigenvalue weighted by Crippen LogP contribution is -2.44. The molecule has 0 spiro atoms. The fraction of sp³-hybridized carbons (Fsp3) is 0.500. The Morgan fingerprint density at radius 1 is 1.43 bits per heavy atom. The van der Waals surface area contributed by atoms with Crippen LogP contribution in [0.25, 0.3) is 5.65 Å². The first-order valence-corrected chi connectivity index (χ1v) is 8.44. The van der Waals surface area contributed by atoms with E-state index in [1.165, 1.54) is 0 Å². The van der Waals surface area contributed by atoms with E-state index in [1.807, 2.05) is 30.8 Å². The second-order valence-corrected chi connectivity index (χ2v) is 7.24. The van der Waals surface area contributed by atoms with E-state index in [9.17, 15) is 4.79 Å². The molecule has 21 heavy (non-hydrogen) atoms. The molecule has 1 saturated heterocycles. The summed E-state index contributed by atoms with van der Waals surface area (Å²) in [5, 5.41) is 0.627. The van der Waals surface area contributed by atoms with Gasteiger partial charge in [0, 0.05) is 42.4 Å². The van der Waals surface area contributed by atoms with Gasteiger partial charge in [-0.05, 0) is 25.5 Å². The van der Waals surface area contributed by atoms with Crippen LogP contribution in [0.2, 0.25) is 0 Å². The Labute approximate surface area is 129 Å². The van der Waals surface area contributed by atoms with E-state index in [0.29, 0.717) is 11.3 Å². The van der Waals surface area contributed by atoms with Gasteiger partial charge in [-0.1, -0.05) is 13.0 Å². The Morgan fingerprint density at radius 3 is 3.05 bits per heavy atom. The molecule has 0 amide bonds. The van der Waals surface area contributed by atoms with Gasteiger partial charge < -0.3 is 0 Å². The first-order valence-electron chi connectivity index (χ1n) is 7.40. The van der Waals surface area contributed by atoms with Crippen LogP contribution >= 0.6 is 11.8 Å². The number of aryl methyl sites for hydroxylation is 1. The van der Waals surface area contributed by atoms with E-state index >= 15 is 0 Å². The summed E-state index contributed by atoms with van der Waals surface area (Å²) in [5.41, 5.74) is 2.69. The predicted octanol–water partition coefficient (Wildman–Crippen LogP) is 2.33. The van der Waals surface area contributed by atoms with E-state index in [1.54, 1.807) is 16.7 Å². The third-order valence-electron chi connectivity index (χ3n) is 4.32. The Kier molecular flexibility index (Phi) is 4.04. The van der Waals surface area contributed by atoms with Gasteiger partial charge in [-0.25, -0.2) is 4.98 Å². The van der Waals surface area contributed by atoms with Crippen molar-refractivity contribution in [2.24, 2.45) is 0 Å². The molecule has 4 nitrogen and oxygen atoms in total. The molecule has 1 aliphatic heterocycles. The van der Waals surface area contributed by atoms with Gasteiger partial charge in [-0.15, -0.1) is 0 Å². The quantitative estimate of drug-likeness (QED) is 0.853. The van der Waals surface area contributed by atoms with E-state index in [2.05, 4.69) is 18.7 Å². The minimum absolute atomic E-state index is 0.00536. The molecule has 5 heteroatoms. The number of aromatic nitrogens is 2. The molecule has 0 radical (unpaired) electrons. The van der Waals surface area contributed by atoms with E-state index in [-0.39, 0.29) is 5.56 Å². The van der Waals surface area contributed by atoms with Crippen LogP contribution in [0.1, 0.15) is 25.1 Å². The standard InChI is InChI=1S/C16H21N3OS/c1-11-5-4-6-19-15(20)9-14(17-16(11)19)10-18-7-8-21-13(3)12(18)2/h4-6,9,12-13H,7-8,10H2,1-3H3. The van der Waals surface area contributed by atoms with Crippen LogP contribution in [0.15, 0.2) is 29.2 Å². The zero-order chi connectivity index (χ0) is 15.0. The molecule has 2 aromatic heterocycles. The van der Waals surface area contributed by atoms with E-state index < -0.39 is 0 Å². The number of thioether (sulfide) groups is 1. The summed E-state index contributed by atoms with van der Waals surface area (Å²) in [7, 11) is 0. The lowest BCUT2D eigenvalue weighted by molar-refractivity contribution is 0.202. The topological polar surface area (TPSA) is 37.6 Å². The van der Waals surface area contributed by atoms with Crippen LogP contribution in [0.5, 0.6) is 0 Å². The number of hydrogen-bond acceptors (Lipinski definition) is 4. The molecule has 112 valence electrons. The zero-order valence-corrected chi connectivity index (χ0v) is 13.6. The van der Waals surface area contributed by atoms with Gasteiger partial charge in [-0.3, -0.25) is 14.1 Å². The first kappa shape index (κ1) is 14.6. The molecular formula is C16H21N3OS. The highest BCUT2D eigenvalue weighted by atomic mass is 32.2. The number of fused-ring (bicyclic) bond motifs is 1. The number of rotatable bonds is 2. The molecule has 2 aromatic rings. The molecule has 2 atom stereocenters. The highest BCUT2D eigenvalue weighted by molar-refractivity contribution is 8.00. The maximum Gasteiger partial charge on any atom is 0.258 e. The molecule has 0 aliphatic carbocycles. The smallest absolute Gasteiger partial charge is 0.258 e. The average Bonchev–Trinajstić information content (AvgIpc) is 2.45. The normalized spacial score (nSPS) is 23.6. The Balaban J connectivity index is 1.94. The van der Waals surface area contributed by atoms with Crippen LogP contribution in [0.4, 0.5) is 0 Å². The minimum atomic E-state index is 0.00536. The summed E-state index contributed by atoms with van der Waals surface area (Å²) < 4.78 is 1.62. The molecule has 0 bridgehead atoms. The monoisotopic (exact) mass is 303 g/mol. The van der Waals surface area contributed by atoms with Crippen LogP contribution in [-0.2, 0) is 6.54 Å². The summed E-state index contributed by atoms with van der Waals surface area (Å²) in [6, 6.07) is 6.07. The van der Waals surface area contributed by atoms with Crippen molar-refractivity contribution in [1.82, 2.24) is 14.3 Å². The van der Waals surface area contributed by atoms with Crippen LogP contribution in [-0.4, -0.2) is 37.9 Å². The van der Waals surface area contributed by atoms with Crippen LogP contribution < -0.4 is 5.56 Å². The van der Waals surface area contributed by atoms with Crippen molar-refractivity contribution < 1.29 is 0 Å². The second kappa shape index (κ2) is 5.81. The van der Waals surface area contributed by atoms with E-state index in [0.717, 1.165) is 35.7 Å². The highest BCUT2D eigenvalue weighted by Gasteiger charge is 2.25. The minimum Gasteiger partial charge on any atom is -0.293 e. The molecule has 1 aliphatic rings. The SMILES string of the molecule is Cc1cccn2c(=O)cc(CN3CCSC(C)C3C)nc12. The predicted molar refractivity (Wildman–Crippen MR) is 88.0 cm³/mol. The molecule has 3 rings (SSSR count). The number of hydrogen-bond donors (Lipinski definition) is 0. The Bertz CT molecular complexity index is 712. The van der Waals surface area contributed by atoms with Gasteiger partial charge >= 0.3 is 0 Å². The van der Waals surface area contributed by atoms with Gasteiger partial charge in [-0.2, -0.15) is 11.8 Å². The summed E-state index contributed by atoms with van der Waals surface area (Å²) in [5.74, 6) is 1.15. The lowest BCUT2D eigenvalue weighted by Gasteiger charge is -2.37. The van der Waals surface area contributed by atoms with Crippen molar-refractivity contribution in [3.63, 3.8) is 0 Å². The summed E-state index contributed by atoms with van der Waals surface area (Å²) >= 11 is 2.02. The summed E-state index contributed by atoms with van der Waals surface area (Å²) in [6.45, 7) is 8.34. The van der Waals surface area contributed by atoms with Gasteiger partial charge in [0.2, 0.25) is 0 Å². The third-order valence-corrected chi connectivity index (χ3v) is 5.66. The third kappa shape index (κ3) is 2.85. The number of nitrogens with zero attached hydrogens (tertiary/aromatic N) is 3. The molecule has 3 heterocycles. The number of pyridine rings is 1. The largest absolute Gasteiger partial charge is 0.293 e. The van der Waals surface area contributed by atoms with Gasteiger partial charge in [0.05, 0.1) is 5.69 Å². The summed E-state index contributed by atoms with van der Waals surface area (Å²) in [6.07, 6.45) is 1.78. The fourth-order valence-electron chi connectivity index (χ4n) is 2.82. The van der Waals surface area contributed by atoms with Crippen molar-refractivity contribution in [3.8, 4) is 0 Å². The molecule has 2 unspecified atom stereocenters. The Hall–Kier alpha value is -1.33. The van der Waals surface area contributed by atoms with Gasteiger partial charge in [0.1, 0.15) is 5.65 Å². The van der Waals surface area contributed by atoms with Crippen molar-refractivity contribution in [2.75, 3.05) is 12.3 Å². The van der Waals surface area contributed by atoms with Gasteiger partial charge in [0.15, 0.2) is 0 Å². The van der Waals surface area contributed by atoms with Gasteiger partial charge in [0.25, 0.3) is 5.56 Å². The first-order chi connectivity index (χ1) is 10.1. The molecule has 1 fully saturated rings. The zero-order valence-electron chi connectivity index (χ0n) is 12.7. The highest BCUT2D eigenvalue weighted by Crippen LogP contribution is 2.25. The van der Waals surface area contributed by atoms with E-state index in [4.69, 9.17) is 4.98 Å². The van der Waals surface area contributed by atoms with Crippen LogP contribution in [0.3, 0.4) is 0 Å². The maximum atomic E-state index is 12.2. The molecular weight excluding hydrogens is 282 g/mol. The lowest BCUT2D eigenvalue weighted by atomic mass is 10.2. The fourth-order valence-corrected chi connectivity index (χ4v) is 3.98. The average molecular weight is 303 g/mol. The Morgan fingerprint density at radius 2 is 2.24 bits per heavy atom. The van der Waals surface area contributed by atoms with Crippen molar-refractivity contribution in [2.45, 2.75) is 38.6 Å². The molecule has 0 N–H and O–H groups in total. The van der Waals surface area contributed by atoms with Crippen molar-refractivity contribution >= 4 is 17.4 Å². The van der Waals surface area contributed by atoms with Crippen molar-refractivity contribution in [1.29, 1.82) is 0 Å².